The van der Waals surface area contributed by atoms with Crippen LogP contribution in [0.2, 0.25) is 0 Å². The van der Waals surface area contributed by atoms with Gasteiger partial charge in [0.15, 0.2) is 9.84 Å². The van der Waals surface area contributed by atoms with Crippen LogP contribution in [0.25, 0.3) is 0 Å². The van der Waals surface area contributed by atoms with E-state index in [0.717, 1.165) is 17.0 Å². The van der Waals surface area contributed by atoms with E-state index in [9.17, 15) is 8.42 Å². The van der Waals surface area contributed by atoms with Crippen molar-refractivity contribution in [2.75, 3.05) is 0 Å². The zero-order chi connectivity index (χ0) is 11.2. The van der Waals surface area contributed by atoms with Gasteiger partial charge in [-0.2, -0.15) is 5.10 Å². The van der Waals surface area contributed by atoms with Crippen LogP contribution in [0.5, 0.6) is 0 Å². The molecule has 2 heterocycles. The lowest BCUT2D eigenvalue weighted by molar-refractivity contribution is 0.510. The number of nitrogens with zero attached hydrogens (tertiary/aromatic N) is 2. The maximum Gasteiger partial charge on any atom is 0.160 e. The van der Waals surface area contributed by atoms with Gasteiger partial charge in [0.05, 0.1) is 22.9 Å². The highest BCUT2D eigenvalue weighted by Gasteiger charge is 2.32. The number of fused-ring (bicyclic) bond motifs is 1. The maximum absolute atomic E-state index is 11.5. The molecule has 1 aliphatic rings. The molecule has 0 radical (unpaired) electrons. The van der Waals surface area contributed by atoms with Crippen LogP contribution >= 0.6 is 0 Å². The Balaban J connectivity index is 2.57. The highest BCUT2D eigenvalue weighted by molar-refractivity contribution is 7.90. The van der Waals surface area contributed by atoms with E-state index in [1.807, 2.05) is 13.8 Å². The number of aromatic nitrogens is 2. The van der Waals surface area contributed by atoms with Gasteiger partial charge in [0.25, 0.3) is 0 Å². The average molecular weight is 229 g/mol. The van der Waals surface area contributed by atoms with Crippen LogP contribution < -0.4 is 5.73 Å². The summed E-state index contributed by atoms with van der Waals surface area (Å²) >= 11 is 0. The number of hydrogen-bond acceptors (Lipinski definition) is 4. The summed E-state index contributed by atoms with van der Waals surface area (Å²) < 4.78 is 24.8. The number of rotatable bonds is 2. The van der Waals surface area contributed by atoms with E-state index in [1.165, 1.54) is 0 Å². The minimum Gasteiger partial charge on any atom is -0.325 e. The largest absolute Gasteiger partial charge is 0.325 e. The van der Waals surface area contributed by atoms with E-state index >= 15 is 0 Å². The first-order valence-corrected chi connectivity index (χ1v) is 6.76. The van der Waals surface area contributed by atoms with Gasteiger partial charge in [0.2, 0.25) is 0 Å². The summed E-state index contributed by atoms with van der Waals surface area (Å²) in [7, 11) is -2.97. The molecule has 0 amide bonds. The predicted molar refractivity (Wildman–Crippen MR) is 56.8 cm³/mol. The summed E-state index contributed by atoms with van der Waals surface area (Å²) in [6, 6.07) is 0.173. The second-order valence-electron chi connectivity index (χ2n) is 4.15. The Morgan fingerprint density at radius 2 is 2.13 bits per heavy atom. The van der Waals surface area contributed by atoms with Gasteiger partial charge in [-0.1, -0.05) is 0 Å². The third kappa shape index (κ3) is 1.68. The molecule has 0 unspecified atom stereocenters. The van der Waals surface area contributed by atoms with Gasteiger partial charge in [0, 0.05) is 18.2 Å². The molecule has 84 valence electrons. The topological polar surface area (TPSA) is 78.0 Å². The minimum atomic E-state index is -2.97. The Hall–Kier alpha value is -0.880. The van der Waals surface area contributed by atoms with Crippen LogP contribution in [-0.2, 0) is 27.9 Å². The van der Waals surface area contributed by atoms with Gasteiger partial charge < -0.3 is 5.73 Å². The zero-order valence-electron chi connectivity index (χ0n) is 8.90. The molecule has 5 nitrogen and oxygen atoms in total. The number of nitrogens with two attached hydrogens (primary N) is 1. The third-order valence-electron chi connectivity index (χ3n) is 2.61. The van der Waals surface area contributed by atoms with Crippen LogP contribution in [0, 0.1) is 0 Å². The van der Waals surface area contributed by atoms with Crippen molar-refractivity contribution < 1.29 is 8.42 Å². The van der Waals surface area contributed by atoms with Gasteiger partial charge >= 0.3 is 0 Å². The van der Waals surface area contributed by atoms with E-state index in [1.54, 1.807) is 4.68 Å². The quantitative estimate of drug-likeness (QED) is 0.793. The van der Waals surface area contributed by atoms with Crippen molar-refractivity contribution >= 4 is 9.84 Å². The van der Waals surface area contributed by atoms with Crippen molar-refractivity contribution in [1.82, 2.24) is 9.78 Å². The van der Waals surface area contributed by atoms with Gasteiger partial charge in [-0.05, 0) is 13.8 Å². The molecule has 0 saturated heterocycles. The molecule has 0 spiro atoms. The van der Waals surface area contributed by atoms with E-state index < -0.39 is 9.84 Å². The van der Waals surface area contributed by atoms with Gasteiger partial charge in [-0.25, -0.2) is 8.42 Å². The molecule has 0 atom stereocenters. The summed E-state index contributed by atoms with van der Waals surface area (Å²) in [5.74, 6) is 0.203. The van der Waals surface area contributed by atoms with Gasteiger partial charge in [-0.15, -0.1) is 0 Å². The highest BCUT2D eigenvalue weighted by atomic mass is 32.2. The Bertz CT molecular complexity index is 488. The monoisotopic (exact) mass is 229 g/mol. The molecular weight excluding hydrogens is 214 g/mol. The van der Waals surface area contributed by atoms with Crippen molar-refractivity contribution in [3.05, 3.63) is 17.0 Å². The summed E-state index contributed by atoms with van der Waals surface area (Å²) in [5.41, 5.74) is 7.93. The van der Waals surface area contributed by atoms with E-state index in [-0.39, 0.29) is 17.5 Å². The Morgan fingerprint density at radius 3 is 2.67 bits per heavy atom. The SMILES string of the molecule is CC(C)n1nc(CN)c2c1CS(=O)(=O)C2. The molecule has 2 N–H and O–H groups in total. The molecular formula is C9H15N3O2S. The fraction of sp³-hybridized carbons (Fsp3) is 0.667. The lowest BCUT2D eigenvalue weighted by atomic mass is 10.2. The Morgan fingerprint density at radius 1 is 1.47 bits per heavy atom. The van der Waals surface area contributed by atoms with Crippen molar-refractivity contribution in [2.45, 2.75) is 37.9 Å². The maximum atomic E-state index is 11.5. The second-order valence-corrected chi connectivity index (χ2v) is 6.21. The van der Waals surface area contributed by atoms with Crippen LogP contribution in [0.3, 0.4) is 0 Å². The molecule has 1 aromatic rings. The highest BCUT2D eigenvalue weighted by Crippen LogP contribution is 2.29. The fourth-order valence-electron chi connectivity index (χ4n) is 1.95. The van der Waals surface area contributed by atoms with E-state index in [2.05, 4.69) is 5.10 Å². The van der Waals surface area contributed by atoms with Crippen LogP contribution in [0.15, 0.2) is 0 Å². The van der Waals surface area contributed by atoms with E-state index in [4.69, 9.17) is 5.73 Å². The van der Waals surface area contributed by atoms with Crippen molar-refractivity contribution in [1.29, 1.82) is 0 Å². The average Bonchev–Trinajstić information content (AvgIpc) is 2.57. The molecule has 0 aliphatic carbocycles. The minimum absolute atomic E-state index is 0.0988. The summed E-state index contributed by atoms with van der Waals surface area (Å²) in [5, 5.41) is 4.34. The first-order chi connectivity index (χ1) is 6.94. The zero-order valence-corrected chi connectivity index (χ0v) is 9.71. The molecule has 0 fully saturated rings. The van der Waals surface area contributed by atoms with Crippen LogP contribution in [0.4, 0.5) is 0 Å². The van der Waals surface area contributed by atoms with Gasteiger partial charge in [-0.3, -0.25) is 4.68 Å². The van der Waals surface area contributed by atoms with Crippen molar-refractivity contribution in [3.63, 3.8) is 0 Å². The molecule has 1 aliphatic heterocycles. The first-order valence-electron chi connectivity index (χ1n) is 4.94. The molecule has 2 rings (SSSR count). The van der Waals surface area contributed by atoms with Crippen LogP contribution in [0.1, 0.15) is 36.8 Å². The summed E-state index contributed by atoms with van der Waals surface area (Å²) in [6.45, 7) is 4.27. The van der Waals surface area contributed by atoms with Crippen LogP contribution in [-0.4, -0.2) is 18.2 Å². The molecule has 0 saturated carbocycles. The van der Waals surface area contributed by atoms with E-state index in [0.29, 0.717) is 6.54 Å². The number of sulfone groups is 1. The third-order valence-corrected chi connectivity index (χ3v) is 4.05. The Kier molecular flexibility index (Phi) is 2.35. The second kappa shape index (κ2) is 3.31. The smallest absolute Gasteiger partial charge is 0.160 e. The number of hydrogen-bond donors (Lipinski definition) is 1. The summed E-state index contributed by atoms with van der Waals surface area (Å²) in [4.78, 5) is 0. The molecule has 0 aromatic carbocycles. The predicted octanol–water partition coefficient (Wildman–Crippen LogP) is 0.351. The van der Waals surface area contributed by atoms with Gasteiger partial charge in [0.1, 0.15) is 0 Å². The summed E-state index contributed by atoms with van der Waals surface area (Å²) in [6.07, 6.45) is 0. The molecule has 15 heavy (non-hydrogen) atoms. The molecule has 0 bridgehead atoms. The molecule has 1 aromatic heterocycles. The van der Waals surface area contributed by atoms with Crippen molar-refractivity contribution in [3.8, 4) is 0 Å². The lowest BCUT2D eigenvalue weighted by Crippen LogP contribution is -2.10. The standard InChI is InChI=1S/C9H15N3O2S/c1-6(2)12-9-5-15(13,14)4-7(9)8(3-10)11-12/h6H,3-5,10H2,1-2H3. The lowest BCUT2D eigenvalue weighted by Gasteiger charge is -2.08. The first kappa shape index (κ1) is 10.6. The normalized spacial score (nSPS) is 18.4. The fourth-order valence-corrected chi connectivity index (χ4v) is 3.54. The Labute approximate surface area is 89.2 Å². The van der Waals surface area contributed by atoms with Crippen molar-refractivity contribution in [2.24, 2.45) is 5.73 Å². The molecule has 6 heteroatoms.